The third-order valence-electron chi connectivity index (χ3n) is 4.40. The Morgan fingerprint density at radius 1 is 1.24 bits per heavy atom. The maximum atomic E-state index is 9.32. The van der Waals surface area contributed by atoms with Crippen molar-refractivity contribution in [2.24, 2.45) is 16.8 Å². The Labute approximate surface area is 105 Å². The van der Waals surface area contributed by atoms with Gasteiger partial charge in [0.05, 0.1) is 0 Å². The largest absolute Gasteiger partial charge is 0.396 e. The van der Waals surface area contributed by atoms with Gasteiger partial charge in [-0.3, -0.25) is 4.90 Å². The molecule has 1 saturated heterocycles. The van der Waals surface area contributed by atoms with Crippen LogP contribution in [0.4, 0.5) is 0 Å². The molecule has 1 saturated carbocycles. The summed E-state index contributed by atoms with van der Waals surface area (Å²) in [4.78, 5) is 6.86. The van der Waals surface area contributed by atoms with Gasteiger partial charge < -0.3 is 10.1 Å². The van der Waals surface area contributed by atoms with E-state index in [0.29, 0.717) is 24.5 Å². The van der Waals surface area contributed by atoms with Crippen molar-refractivity contribution in [1.29, 1.82) is 0 Å². The number of rotatable bonds is 3. The van der Waals surface area contributed by atoms with Crippen molar-refractivity contribution < 1.29 is 5.11 Å². The number of piperidine rings is 1. The van der Waals surface area contributed by atoms with E-state index < -0.39 is 0 Å². The lowest BCUT2D eigenvalue weighted by molar-refractivity contribution is 0.0607. The highest BCUT2D eigenvalue weighted by molar-refractivity contribution is 5.61. The summed E-state index contributed by atoms with van der Waals surface area (Å²) in [6.07, 6.45) is 9.93. The van der Waals surface area contributed by atoms with Crippen LogP contribution in [0.2, 0.25) is 0 Å². The lowest BCUT2D eigenvalue weighted by Gasteiger charge is -2.42. The van der Waals surface area contributed by atoms with Crippen LogP contribution in [0.25, 0.3) is 0 Å². The first-order valence-electron chi connectivity index (χ1n) is 7.12. The number of nitrogens with zero attached hydrogens (tertiary/aromatic N) is 2. The van der Waals surface area contributed by atoms with Gasteiger partial charge in [-0.2, -0.15) is 0 Å². The van der Waals surface area contributed by atoms with E-state index in [1.165, 1.54) is 45.1 Å². The molecule has 1 aliphatic carbocycles. The van der Waals surface area contributed by atoms with Crippen molar-refractivity contribution in [2.45, 2.75) is 44.6 Å². The number of aliphatic hydroxyl groups excluding tert-OH is 1. The van der Waals surface area contributed by atoms with Gasteiger partial charge in [0.25, 0.3) is 0 Å². The molecule has 1 aliphatic heterocycles. The first kappa shape index (κ1) is 13.0. The quantitative estimate of drug-likeness (QED) is 0.763. The average molecular weight is 238 g/mol. The highest BCUT2D eigenvalue weighted by Gasteiger charge is 2.31. The van der Waals surface area contributed by atoms with Gasteiger partial charge in [-0.05, 0) is 38.1 Å². The second-order valence-corrected chi connectivity index (χ2v) is 5.61. The van der Waals surface area contributed by atoms with E-state index >= 15 is 0 Å². The van der Waals surface area contributed by atoms with Crippen LogP contribution >= 0.6 is 0 Å². The van der Waals surface area contributed by atoms with Gasteiger partial charge in [0.15, 0.2) is 0 Å². The highest BCUT2D eigenvalue weighted by Crippen LogP contribution is 2.30. The van der Waals surface area contributed by atoms with E-state index in [4.69, 9.17) is 0 Å². The Bertz CT molecular complexity index is 255. The number of aliphatic imine (C=N–C) groups is 1. The second kappa shape index (κ2) is 6.50. The molecule has 0 aromatic heterocycles. The maximum Gasteiger partial charge on any atom is 0.0471 e. The molecule has 1 N–H and O–H groups in total. The zero-order valence-electron chi connectivity index (χ0n) is 11.0. The monoisotopic (exact) mass is 238 g/mol. The number of likely N-dealkylation sites (tertiary alicyclic amines) is 1. The zero-order valence-corrected chi connectivity index (χ0v) is 11.0. The van der Waals surface area contributed by atoms with Crippen molar-refractivity contribution in [1.82, 2.24) is 4.90 Å². The van der Waals surface area contributed by atoms with Crippen molar-refractivity contribution >= 4 is 6.21 Å². The molecule has 3 heteroatoms. The summed E-state index contributed by atoms with van der Waals surface area (Å²) in [6.45, 7) is 2.67. The molecular formula is C14H26N2O. The van der Waals surface area contributed by atoms with Gasteiger partial charge in [0.2, 0.25) is 0 Å². The molecule has 3 atom stereocenters. The van der Waals surface area contributed by atoms with Gasteiger partial charge in [-0.15, -0.1) is 0 Å². The smallest absolute Gasteiger partial charge is 0.0471 e. The van der Waals surface area contributed by atoms with Crippen molar-refractivity contribution in [3.8, 4) is 0 Å². The molecule has 2 aliphatic rings. The summed E-state index contributed by atoms with van der Waals surface area (Å²) in [7, 11) is 1.89. The van der Waals surface area contributed by atoms with Gasteiger partial charge in [0.1, 0.15) is 0 Å². The third kappa shape index (κ3) is 3.29. The molecule has 2 fully saturated rings. The highest BCUT2D eigenvalue weighted by atomic mass is 16.3. The van der Waals surface area contributed by atoms with Crippen LogP contribution in [0, 0.1) is 11.8 Å². The van der Waals surface area contributed by atoms with Crippen molar-refractivity contribution in [3.05, 3.63) is 0 Å². The predicted octanol–water partition coefficient (Wildman–Crippen LogP) is 1.95. The minimum Gasteiger partial charge on any atom is -0.396 e. The van der Waals surface area contributed by atoms with Gasteiger partial charge in [-0.25, -0.2) is 0 Å². The Kier molecular flexibility index (Phi) is 4.99. The van der Waals surface area contributed by atoms with E-state index in [0.717, 1.165) is 6.54 Å². The van der Waals surface area contributed by atoms with E-state index in [1.807, 2.05) is 7.05 Å². The standard InChI is InChI=1S/C14H26N2O/c1-15-9-13-6-2-3-7-14(13)16-8-4-5-12(10-16)11-17/h9,12-14,17H,2-8,10-11H2,1H3/t12-,13?,14+/m1/s1. The normalized spacial score (nSPS) is 36.5. The van der Waals surface area contributed by atoms with E-state index in [-0.39, 0.29) is 0 Å². The Morgan fingerprint density at radius 3 is 2.82 bits per heavy atom. The summed E-state index contributed by atoms with van der Waals surface area (Å²) in [5.74, 6) is 1.15. The molecule has 2 rings (SSSR count). The molecular weight excluding hydrogens is 212 g/mol. The van der Waals surface area contributed by atoms with Crippen LogP contribution in [-0.2, 0) is 0 Å². The molecule has 17 heavy (non-hydrogen) atoms. The lowest BCUT2D eigenvalue weighted by Crippen LogP contribution is -2.48. The molecule has 3 nitrogen and oxygen atoms in total. The summed E-state index contributed by atoms with van der Waals surface area (Å²) in [5.41, 5.74) is 0. The minimum absolute atomic E-state index is 0.357. The molecule has 0 aromatic rings. The molecule has 1 heterocycles. The Balaban J connectivity index is 1.97. The predicted molar refractivity (Wildman–Crippen MR) is 71.5 cm³/mol. The fraction of sp³-hybridized carbons (Fsp3) is 0.929. The van der Waals surface area contributed by atoms with Crippen LogP contribution in [0.5, 0.6) is 0 Å². The fourth-order valence-electron chi connectivity index (χ4n) is 3.51. The summed E-state index contributed by atoms with van der Waals surface area (Å²) < 4.78 is 0. The van der Waals surface area contributed by atoms with Crippen LogP contribution in [0.3, 0.4) is 0 Å². The molecule has 0 radical (unpaired) electrons. The molecule has 0 bridgehead atoms. The third-order valence-corrected chi connectivity index (χ3v) is 4.40. The lowest BCUT2D eigenvalue weighted by atomic mass is 9.82. The first-order chi connectivity index (χ1) is 8.35. The Morgan fingerprint density at radius 2 is 2.06 bits per heavy atom. The Hall–Kier alpha value is -0.410. The van der Waals surface area contributed by atoms with E-state index in [9.17, 15) is 5.11 Å². The van der Waals surface area contributed by atoms with Crippen LogP contribution in [0.15, 0.2) is 4.99 Å². The zero-order chi connectivity index (χ0) is 12.1. The van der Waals surface area contributed by atoms with Gasteiger partial charge in [-0.1, -0.05) is 12.8 Å². The molecule has 0 amide bonds. The molecule has 0 spiro atoms. The topological polar surface area (TPSA) is 35.8 Å². The average Bonchev–Trinajstić information content (AvgIpc) is 2.40. The number of aliphatic hydroxyl groups is 1. The molecule has 98 valence electrons. The fourth-order valence-corrected chi connectivity index (χ4v) is 3.51. The maximum absolute atomic E-state index is 9.32. The van der Waals surface area contributed by atoms with Gasteiger partial charge in [0, 0.05) is 38.4 Å². The minimum atomic E-state index is 0.357. The van der Waals surface area contributed by atoms with Crippen molar-refractivity contribution in [3.63, 3.8) is 0 Å². The summed E-state index contributed by atoms with van der Waals surface area (Å²) in [5, 5.41) is 9.32. The first-order valence-corrected chi connectivity index (χ1v) is 7.12. The van der Waals surface area contributed by atoms with Crippen molar-refractivity contribution in [2.75, 3.05) is 26.7 Å². The van der Waals surface area contributed by atoms with E-state index in [2.05, 4.69) is 16.1 Å². The number of hydrogen-bond acceptors (Lipinski definition) is 3. The molecule has 0 aromatic carbocycles. The van der Waals surface area contributed by atoms with Crippen LogP contribution in [-0.4, -0.2) is 49.0 Å². The summed E-state index contributed by atoms with van der Waals surface area (Å²) >= 11 is 0. The SMILES string of the molecule is CN=CC1CCCC[C@@H]1N1CCC[C@@H](CO)C1. The second-order valence-electron chi connectivity index (χ2n) is 5.61. The van der Waals surface area contributed by atoms with Crippen LogP contribution in [0.1, 0.15) is 38.5 Å². The van der Waals surface area contributed by atoms with Crippen LogP contribution < -0.4 is 0 Å². The van der Waals surface area contributed by atoms with Gasteiger partial charge >= 0.3 is 0 Å². The number of hydrogen-bond donors (Lipinski definition) is 1. The van der Waals surface area contributed by atoms with E-state index in [1.54, 1.807) is 0 Å². The summed E-state index contributed by atoms with van der Waals surface area (Å²) in [6, 6.07) is 0.682. The molecule has 1 unspecified atom stereocenters.